The molecule has 0 aliphatic rings. The number of hydrogen-bond acceptors (Lipinski definition) is 2. The molecule has 2 unspecified atom stereocenters. The Balaban J connectivity index is 2.78. The number of carboxylic acids is 1. The average molecular weight is 308 g/mol. The van der Waals surface area contributed by atoms with Gasteiger partial charge in [0.25, 0.3) is 0 Å². The van der Waals surface area contributed by atoms with Crippen LogP contribution in [0.25, 0.3) is 0 Å². The van der Waals surface area contributed by atoms with Crippen molar-refractivity contribution in [3.63, 3.8) is 0 Å². The van der Waals surface area contributed by atoms with Gasteiger partial charge >= 0.3 is 12.1 Å². The molecule has 1 aromatic carbocycles. The van der Waals surface area contributed by atoms with Crippen molar-refractivity contribution in [3.8, 4) is 0 Å². The Morgan fingerprint density at radius 2 is 1.85 bits per heavy atom. The van der Waals surface area contributed by atoms with E-state index in [1.807, 2.05) is 0 Å². The quantitative estimate of drug-likeness (QED) is 0.878. The van der Waals surface area contributed by atoms with Crippen LogP contribution >= 0.6 is 0 Å². The fourth-order valence-electron chi connectivity index (χ4n) is 1.68. The highest BCUT2D eigenvalue weighted by molar-refractivity contribution is 7.85. The fraction of sp³-hybridized carbons (Fsp3) is 0.462. The topological polar surface area (TPSA) is 54.4 Å². The monoisotopic (exact) mass is 308 g/mol. The first-order chi connectivity index (χ1) is 9.25. The molecule has 0 fully saturated rings. The van der Waals surface area contributed by atoms with Crippen LogP contribution < -0.4 is 0 Å². The highest BCUT2D eigenvalue weighted by Gasteiger charge is 2.30. The van der Waals surface area contributed by atoms with Gasteiger partial charge < -0.3 is 5.11 Å². The van der Waals surface area contributed by atoms with Crippen LogP contribution in [0.2, 0.25) is 0 Å². The molecule has 1 N–H and O–H groups in total. The molecular formula is C13H15F3O3S. The highest BCUT2D eigenvalue weighted by Crippen LogP contribution is 2.29. The van der Waals surface area contributed by atoms with E-state index < -0.39 is 33.8 Å². The summed E-state index contributed by atoms with van der Waals surface area (Å²) in [6.45, 7) is 1.78. The summed E-state index contributed by atoms with van der Waals surface area (Å²) < 4.78 is 49.1. The van der Waals surface area contributed by atoms with Crippen LogP contribution in [0.15, 0.2) is 24.3 Å². The van der Waals surface area contributed by atoms with Crippen molar-refractivity contribution in [2.24, 2.45) is 0 Å². The van der Waals surface area contributed by atoms with E-state index in [9.17, 15) is 22.2 Å². The summed E-state index contributed by atoms with van der Waals surface area (Å²) in [5, 5.41) is 7.98. The molecule has 0 amide bonds. The van der Waals surface area contributed by atoms with Gasteiger partial charge in [-0.05, 0) is 24.1 Å². The molecule has 0 heterocycles. The molecule has 0 saturated carbocycles. The van der Waals surface area contributed by atoms with E-state index in [4.69, 9.17) is 5.11 Å². The Morgan fingerprint density at radius 3 is 2.25 bits per heavy atom. The molecule has 0 aliphatic heterocycles. The lowest BCUT2D eigenvalue weighted by atomic mass is 10.1. The number of carboxylic acid groups (broad SMARTS) is 1. The second-order valence-electron chi connectivity index (χ2n) is 4.34. The van der Waals surface area contributed by atoms with Crippen LogP contribution in [-0.4, -0.2) is 20.5 Å². The first kappa shape index (κ1) is 16.7. The van der Waals surface area contributed by atoms with Crippen molar-refractivity contribution < 1.29 is 27.3 Å². The summed E-state index contributed by atoms with van der Waals surface area (Å²) >= 11 is 0. The van der Waals surface area contributed by atoms with Crippen molar-refractivity contribution in [1.82, 2.24) is 0 Å². The fourth-order valence-corrected chi connectivity index (χ4v) is 3.13. The molecule has 7 heteroatoms. The van der Waals surface area contributed by atoms with Crippen LogP contribution in [0.1, 0.15) is 30.9 Å². The van der Waals surface area contributed by atoms with E-state index in [0.29, 0.717) is 12.0 Å². The third-order valence-electron chi connectivity index (χ3n) is 2.73. The Kier molecular flexibility index (Phi) is 5.74. The van der Waals surface area contributed by atoms with Gasteiger partial charge in [-0.3, -0.25) is 9.00 Å². The number of carbonyl (C=O) groups is 1. The van der Waals surface area contributed by atoms with E-state index in [0.717, 1.165) is 12.1 Å². The van der Waals surface area contributed by atoms with Crippen LogP contribution in [0.3, 0.4) is 0 Å². The highest BCUT2D eigenvalue weighted by atomic mass is 32.2. The Labute approximate surface area is 117 Å². The van der Waals surface area contributed by atoms with Gasteiger partial charge in [-0.1, -0.05) is 25.5 Å². The Morgan fingerprint density at radius 1 is 1.30 bits per heavy atom. The minimum Gasteiger partial charge on any atom is -0.480 e. The summed E-state index contributed by atoms with van der Waals surface area (Å²) in [7, 11) is -1.65. The van der Waals surface area contributed by atoms with Crippen molar-refractivity contribution in [3.05, 3.63) is 35.4 Å². The van der Waals surface area contributed by atoms with E-state index in [1.54, 1.807) is 6.92 Å². The van der Waals surface area contributed by atoms with Gasteiger partial charge in [-0.25, -0.2) is 0 Å². The largest absolute Gasteiger partial charge is 0.480 e. The summed E-state index contributed by atoms with van der Waals surface area (Å²) in [6, 6.07) is 4.27. The molecule has 2 atom stereocenters. The average Bonchev–Trinajstić information content (AvgIpc) is 2.34. The van der Waals surface area contributed by atoms with Crippen LogP contribution in [0.4, 0.5) is 13.2 Å². The van der Waals surface area contributed by atoms with E-state index in [1.165, 1.54) is 12.1 Å². The second kappa shape index (κ2) is 6.88. The van der Waals surface area contributed by atoms with E-state index in [-0.39, 0.29) is 12.2 Å². The maximum absolute atomic E-state index is 12.4. The lowest BCUT2D eigenvalue weighted by Gasteiger charge is -2.12. The van der Waals surface area contributed by atoms with Gasteiger partial charge in [0.1, 0.15) is 5.25 Å². The molecule has 0 saturated heterocycles. The van der Waals surface area contributed by atoms with Gasteiger partial charge in [0.05, 0.1) is 5.56 Å². The number of alkyl halides is 3. The molecule has 0 spiro atoms. The third-order valence-corrected chi connectivity index (χ3v) is 4.42. The zero-order chi connectivity index (χ0) is 15.3. The summed E-state index contributed by atoms with van der Waals surface area (Å²) in [5.41, 5.74) is -0.353. The smallest absolute Gasteiger partial charge is 0.416 e. The second-order valence-corrected chi connectivity index (χ2v) is 5.95. The molecule has 112 valence electrons. The van der Waals surface area contributed by atoms with Crippen LogP contribution in [0.5, 0.6) is 0 Å². The zero-order valence-corrected chi connectivity index (χ0v) is 11.6. The molecule has 3 nitrogen and oxygen atoms in total. The summed E-state index contributed by atoms with van der Waals surface area (Å²) in [5.74, 6) is -1.20. The van der Waals surface area contributed by atoms with Gasteiger partial charge in [0, 0.05) is 16.6 Å². The molecule has 1 rings (SSSR count). The predicted octanol–water partition coefficient (Wildman–Crippen LogP) is 3.21. The Hall–Kier alpha value is -1.37. The molecule has 0 aromatic heterocycles. The van der Waals surface area contributed by atoms with Crippen LogP contribution in [0, 0.1) is 0 Å². The van der Waals surface area contributed by atoms with Gasteiger partial charge in [-0.2, -0.15) is 13.2 Å². The zero-order valence-electron chi connectivity index (χ0n) is 10.8. The minimum atomic E-state index is -4.41. The first-order valence-corrected chi connectivity index (χ1v) is 7.40. The van der Waals surface area contributed by atoms with Crippen molar-refractivity contribution in [2.45, 2.75) is 36.9 Å². The minimum absolute atomic E-state index is 0.0604. The van der Waals surface area contributed by atoms with Gasteiger partial charge in [-0.15, -0.1) is 0 Å². The lowest BCUT2D eigenvalue weighted by Crippen LogP contribution is -2.26. The van der Waals surface area contributed by atoms with Crippen molar-refractivity contribution in [1.29, 1.82) is 0 Å². The molecule has 0 bridgehead atoms. The molecular weight excluding hydrogens is 293 g/mol. The number of hydrogen-bond donors (Lipinski definition) is 1. The standard InChI is InChI=1S/C13H15F3O3S/c1-2-3-11(12(17)18)20(19)8-9-4-6-10(7-5-9)13(14,15)16/h4-7,11H,2-3,8H2,1H3,(H,17,18). The molecule has 1 aromatic rings. The predicted molar refractivity (Wildman–Crippen MR) is 69.6 cm³/mol. The van der Waals surface area contributed by atoms with Gasteiger partial charge in [0.15, 0.2) is 0 Å². The maximum atomic E-state index is 12.4. The molecule has 0 radical (unpaired) electrons. The van der Waals surface area contributed by atoms with E-state index in [2.05, 4.69) is 0 Å². The first-order valence-electron chi connectivity index (χ1n) is 6.01. The summed E-state index contributed by atoms with van der Waals surface area (Å²) in [6.07, 6.45) is -3.55. The van der Waals surface area contributed by atoms with Gasteiger partial charge in [0.2, 0.25) is 0 Å². The number of benzene rings is 1. The number of halogens is 3. The molecule has 20 heavy (non-hydrogen) atoms. The van der Waals surface area contributed by atoms with Crippen molar-refractivity contribution in [2.75, 3.05) is 0 Å². The number of rotatable bonds is 6. The van der Waals surface area contributed by atoms with Crippen LogP contribution in [-0.2, 0) is 27.5 Å². The lowest BCUT2D eigenvalue weighted by molar-refractivity contribution is -0.138. The van der Waals surface area contributed by atoms with Crippen molar-refractivity contribution >= 4 is 16.8 Å². The molecule has 0 aliphatic carbocycles. The summed E-state index contributed by atoms with van der Waals surface area (Å²) in [4.78, 5) is 11.0. The Bertz CT molecular complexity index is 483. The number of aliphatic carboxylic acids is 1. The van der Waals surface area contributed by atoms with E-state index >= 15 is 0 Å². The SMILES string of the molecule is CCCC(C(=O)O)S(=O)Cc1ccc(C(F)(F)F)cc1. The maximum Gasteiger partial charge on any atom is 0.416 e. The third kappa shape index (κ3) is 4.63. The normalized spacial score (nSPS) is 14.8.